The number of nitrogens with zero attached hydrogens (tertiary/aromatic N) is 1. The number of hydrogen-bond donors (Lipinski definition) is 2. The van der Waals surface area contributed by atoms with E-state index in [2.05, 4.69) is 10.2 Å². The van der Waals surface area contributed by atoms with E-state index in [1.54, 1.807) is 0 Å². The van der Waals surface area contributed by atoms with Crippen molar-refractivity contribution in [1.82, 2.24) is 10.2 Å². The van der Waals surface area contributed by atoms with Crippen LogP contribution >= 0.6 is 23.1 Å². The molecule has 1 aliphatic rings. The molecule has 1 aromatic heterocycles. The second kappa shape index (κ2) is 7.13. The maximum atomic E-state index is 10.9. The van der Waals surface area contributed by atoms with Gasteiger partial charge in [-0.2, -0.15) is 11.8 Å². The third kappa shape index (κ3) is 3.98. The second-order valence-corrected chi connectivity index (χ2v) is 6.35. The van der Waals surface area contributed by atoms with Gasteiger partial charge in [-0.05, 0) is 17.0 Å². The number of hydrogen-bond acceptors (Lipinski definition) is 5. The number of thiophene rings is 1. The van der Waals surface area contributed by atoms with Gasteiger partial charge < -0.3 is 15.3 Å². The summed E-state index contributed by atoms with van der Waals surface area (Å²) >= 11 is 3.31. The zero-order chi connectivity index (χ0) is 12.8. The topological polar surface area (TPSA) is 52.6 Å². The van der Waals surface area contributed by atoms with E-state index in [1.165, 1.54) is 35.9 Å². The molecule has 6 heteroatoms. The molecule has 18 heavy (non-hydrogen) atoms. The number of carbonyl (C=O) groups is 1. The maximum absolute atomic E-state index is 10.9. The minimum atomic E-state index is -0.824. The van der Waals surface area contributed by atoms with Crippen molar-refractivity contribution < 1.29 is 9.90 Å². The first-order chi connectivity index (χ1) is 8.77. The molecule has 1 saturated heterocycles. The Morgan fingerprint density at radius 2 is 2.22 bits per heavy atom. The maximum Gasteiger partial charge on any atom is 0.346 e. The minimum Gasteiger partial charge on any atom is -0.477 e. The number of carboxylic acids is 1. The summed E-state index contributed by atoms with van der Waals surface area (Å²) in [6.07, 6.45) is 0. The van der Waals surface area contributed by atoms with Crippen LogP contribution < -0.4 is 5.32 Å². The van der Waals surface area contributed by atoms with Crippen LogP contribution in [0.3, 0.4) is 0 Å². The summed E-state index contributed by atoms with van der Waals surface area (Å²) in [5.41, 5.74) is 0.890. The summed E-state index contributed by atoms with van der Waals surface area (Å²) in [6, 6.07) is 1.89. The van der Waals surface area contributed by atoms with E-state index in [0.717, 1.165) is 18.7 Å². The van der Waals surface area contributed by atoms with E-state index in [9.17, 15) is 4.79 Å². The van der Waals surface area contributed by atoms with Crippen LogP contribution in [0.1, 0.15) is 15.2 Å². The van der Waals surface area contributed by atoms with Crippen molar-refractivity contribution in [2.75, 3.05) is 37.7 Å². The summed E-state index contributed by atoms with van der Waals surface area (Å²) in [4.78, 5) is 13.8. The number of nitrogens with one attached hydrogen (secondary N) is 1. The average molecular weight is 286 g/mol. The van der Waals surface area contributed by atoms with E-state index < -0.39 is 5.97 Å². The summed E-state index contributed by atoms with van der Waals surface area (Å²) in [5, 5.41) is 14.1. The van der Waals surface area contributed by atoms with Gasteiger partial charge in [0.1, 0.15) is 4.88 Å². The van der Waals surface area contributed by atoms with Crippen LogP contribution in [0.5, 0.6) is 0 Å². The van der Waals surface area contributed by atoms with Gasteiger partial charge in [-0.1, -0.05) is 0 Å². The van der Waals surface area contributed by atoms with E-state index >= 15 is 0 Å². The Balaban J connectivity index is 1.68. The molecule has 1 fully saturated rings. The highest BCUT2D eigenvalue weighted by Gasteiger charge is 2.12. The van der Waals surface area contributed by atoms with Crippen molar-refractivity contribution in [3.8, 4) is 0 Å². The van der Waals surface area contributed by atoms with Crippen LogP contribution in [0, 0.1) is 0 Å². The average Bonchev–Trinajstić information content (AvgIpc) is 2.84. The zero-order valence-electron chi connectivity index (χ0n) is 10.2. The quantitative estimate of drug-likeness (QED) is 0.778. The van der Waals surface area contributed by atoms with Crippen molar-refractivity contribution in [3.05, 3.63) is 21.9 Å². The molecule has 0 unspecified atom stereocenters. The minimum absolute atomic E-state index is 0.455. The van der Waals surface area contributed by atoms with Crippen molar-refractivity contribution in [1.29, 1.82) is 0 Å². The van der Waals surface area contributed by atoms with Gasteiger partial charge in [-0.25, -0.2) is 4.79 Å². The van der Waals surface area contributed by atoms with Gasteiger partial charge >= 0.3 is 5.97 Å². The number of rotatable bonds is 6. The molecular weight excluding hydrogens is 268 g/mol. The van der Waals surface area contributed by atoms with Gasteiger partial charge in [-0.3, -0.25) is 0 Å². The predicted molar refractivity (Wildman–Crippen MR) is 76.8 cm³/mol. The first-order valence-electron chi connectivity index (χ1n) is 6.08. The third-order valence-electron chi connectivity index (χ3n) is 2.96. The second-order valence-electron chi connectivity index (χ2n) is 4.21. The van der Waals surface area contributed by atoms with Gasteiger partial charge in [0.2, 0.25) is 0 Å². The molecule has 0 bridgehead atoms. The Labute approximate surface area is 115 Å². The smallest absolute Gasteiger partial charge is 0.346 e. The standard InChI is InChI=1S/C12H18N2O2S2/c15-12(16)11-10(1-6-18-11)9-13-2-3-14-4-7-17-8-5-14/h1,6,13H,2-5,7-9H2,(H,15,16). The highest BCUT2D eigenvalue weighted by molar-refractivity contribution is 7.99. The van der Waals surface area contributed by atoms with Crippen LogP contribution in [-0.4, -0.2) is 53.7 Å². The summed E-state index contributed by atoms with van der Waals surface area (Å²) in [6.45, 7) is 4.96. The number of aromatic carboxylic acids is 1. The van der Waals surface area contributed by atoms with Crippen LogP contribution in [-0.2, 0) is 6.54 Å². The monoisotopic (exact) mass is 286 g/mol. The number of thioether (sulfide) groups is 1. The fraction of sp³-hybridized carbons (Fsp3) is 0.583. The third-order valence-corrected chi connectivity index (χ3v) is 4.85. The fourth-order valence-corrected chi connectivity index (χ4v) is 3.69. The molecule has 0 radical (unpaired) electrons. The molecule has 0 aromatic carbocycles. The fourth-order valence-electron chi connectivity index (χ4n) is 1.95. The first kappa shape index (κ1) is 13.9. The molecule has 0 aliphatic carbocycles. The summed E-state index contributed by atoms with van der Waals surface area (Å²) in [7, 11) is 0. The van der Waals surface area contributed by atoms with Crippen molar-refractivity contribution in [2.45, 2.75) is 6.54 Å². The lowest BCUT2D eigenvalue weighted by molar-refractivity contribution is 0.0701. The largest absolute Gasteiger partial charge is 0.477 e. The first-order valence-corrected chi connectivity index (χ1v) is 8.11. The highest BCUT2D eigenvalue weighted by atomic mass is 32.2. The van der Waals surface area contributed by atoms with Crippen LogP contribution in [0.2, 0.25) is 0 Å². The van der Waals surface area contributed by atoms with Crippen LogP contribution in [0.4, 0.5) is 0 Å². The Kier molecular flexibility index (Phi) is 5.49. The molecule has 2 heterocycles. The van der Waals surface area contributed by atoms with Crippen LogP contribution in [0.15, 0.2) is 11.4 Å². The molecule has 0 spiro atoms. The molecule has 1 aliphatic heterocycles. The van der Waals surface area contributed by atoms with Gasteiger partial charge in [0.05, 0.1) is 0 Å². The molecule has 1 aromatic rings. The molecule has 2 rings (SSSR count). The highest BCUT2D eigenvalue weighted by Crippen LogP contribution is 2.16. The normalized spacial score (nSPS) is 16.9. The van der Waals surface area contributed by atoms with Crippen molar-refractivity contribution >= 4 is 29.1 Å². The van der Waals surface area contributed by atoms with E-state index in [1.807, 2.05) is 23.2 Å². The SMILES string of the molecule is O=C(O)c1sccc1CNCCN1CCSCC1. The zero-order valence-corrected chi connectivity index (χ0v) is 11.9. The molecule has 100 valence electrons. The Morgan fingerprint density at radius 3 is 2.94 bits per heavy atom. The molecular formula is C12H18N2O2S2. The Hall–Kier alpha value is -0.560. The number of carboxylic acid groups (broad SMARTS) is 1. The summed E-state index contributed by atoms with van der Waals surface area (Å²) < 4.78 is 0. The van der Waals surface area contributed by atoms with Crippen molar-refractivity contribution in [2.24, 2.45) is 0 Å². The Bertz CT molecular complexity index is 389. The summed E-state index contributed by atoms with van der Waals surface area (Å²) in [5.74, 6) is 1.64. The molecule has 4 nitrogen and oxygen atoms in total. The van der Waals surface area contributed by atoms with Gasteiger partial charge in [-0.15, -0.1) is 11.3 Å². The van der Waals surface area contributed by atoms with Gasteiger partial charge in [0, 0.05) is 44.2 Å². The van der Waals surface area contributed by atoms with Gasteiger partial charge in [0.15, 0.2) is 0 Å². The predicted octanol–water partition coefficient (Wildman–Crippen LogP) is 1.58. The lowest BCUT2D eigenvalue weighted by Crippen LogP contribution is -2.37. The molecule has 0 amide bonds. The van der Waals surface area contributed by atoms with Crippen LogP contribution in [0.25, 0.3) is 0 Å². The molecule has 0 saturated carbocycles. The van der Waals surface area contributed by atoms with E-state index in [-0.39, 0.29) is 0 Å². The van der Waals surface area contributed by atoms with E-state index in [0.29, 0.717) is 11.4 Å². The Morgan fingerprint density at radius 1 is 1.44 bits per heavy atom. The lowest BCUT2D eigenvalue weighted by atomic mass is 10.2. The van der Waals surface area contributed by atoms with Gasteiger partial charge in [0.25, 0.3) is 0 Å². The van der Waals surface area contributed by atoms with E-state index in [4.69, 9.17) is 5.11 Å². The molecule has 0 atom stereocenters. The van der Waals surface area contributed by atoms with Crippen molar-refractivity contribution in [3.63, 3.8) is 0 Å². The lowest BCUT2D eigenvalue weighted by Gasteiger charge is -2.26. The molecule has 2 N–H and O–H groups in total.